The molecule has 2 aromatic heterocycles. The summed E-state index contributed by atoms with van der Waals surface area (Å²) in [6, 6.07) is 4.34. The summed E-state index contributed by atoms with van der Waals surface area (Å²) in [5.41, 5.74) is 1.06. The van der Waals surface area contributed by atoms with Crippen LogP contribution in [0.5, 0.6) is 0 Å². The topological polar surface area (TPSA) is 46.5 Å². The standard InChI is InChI=1S/C12H14N4S/c1-8(9-2-3-9)16-11(14-15-12(16)17)10-4-6-13-7-5-10/h4-9H,2-3H2,1H3,(H,15,17). The average molecular weight is 246 g/mol. The van der Waals surface area contributed by atoms with E-state index in [2.05, 4.69) is 26.7 Å². The third kappa shape index (κ3) is 1.91. The van der Waals surface area contributed by atoms with Crippen LogP contribution in [0.1, 0.15) is 25.8 Å². The molecule has 1 fully saturated rings. The zero-order valence-electron chi connectivity index (χ0n) is 9.63. The lowest BCUT2D eigenvalue weighted by Crippen LogP contribution is -2.09. The molecule has 1 saturated carbocycles. The maximum absolute atomic E-state index is 5.33. The molecular formula is C12H14N4S. The van der Waals surface area contributed by atoms with Crippen molar-refractivity contribution in [3.8, 4) is 11.4 Å². The first-order valence-electron chi connectivity index (χ1n) is 5.84. The Morgan fingerprint density at radius 1 is 1.41 bits per heavy atom. The number of aromatic nitrogens is 4. The lowest BCUT2D eigenvalue weighted by molar-refractivity contribution is 0.484. The number of rotatable bonds is 3. The number of nitrogens with zero attached hydrogens (tertiary/aromatic N) is 3. The summed E-state index contributed by atoms with van der Waals surface area (Å²) in [6.07, 6.45) is 6.15. The Bertz CT molecular complexity index is 568. The highest BCUT2D eigenvalue weighted by atomic mass is 32.1. The average Bonchev–Trinajstić information content (AvgIpc) is 3.13. The number of H-pyrrole nitrogens is 1. The van der Waals surface area contributed by atoms with Crippen LogP contribution in [0.25, 0.3) is 11.4 Å². The third-order valence-electron chi connectivity index (χ3n) is 3.35. The number of aromatic amines is 1. The van der Waals surface area contributed by atoms with E-state index in [1.165, 1.54) is 12.8 Å². The van der Waals surface area contributed by atoms with Crippen molar-refractivity contribution in [1.82, 2.24) is 19.7 Å². The highest BCUT2D eigenvalue weighted by molar-refractivity contribution is 7.71. The van der Waals surface area contributed by atoms with E-state index in [-0.39, 0.29) is 0 Å². The number of pyridine rings is 1. The Hall–Kier alpha value is -1.49. The molecule has 17 heavy (non-hydrogen) atoms. The predicted octanol–water partition coefficient (Wildman–Crippen LogP) is 2.97. The van der Waals surface area contributed by atoms with Crippen LogP contribution in [-0.2, 0) is 0 Å². The van der Waals surface area contributed by atoms with Crippen molar-refractivity contribution in [1.29, 1.82) is 0 Å². The molecule has 0 spiro atoms. The van der Waals surface area contributed by atoms with E-state index in [1.807, 2.05) is 12.1 Å². The Morgan fingerprint density at radius 2 is 2.12 bits per heavy atom. The second-order valence-corrected chi connectivity index (χ2v) is 4.92. The maximum atomic E-state index is 5.33. The second-order valence-electron chi connectivity index (χ2n) is 4.54. The van der Waals surface area contributed by atoms with Gasteiger partial charge in [0.15, 0.2) is 10.6 Å². The minimum Gasteiger partial charge on any atom is -0.297 e. The summed E-state index contributed by atoms with van der Waals surface area (Å²) in [6.45, 7) is 2.22. The van der Waals surface area contributed by atoms with Gasteiger partial charge in [0.25, 0.3) is 0 Å². The molecule has 88 valence electrons. The van der Waals surface area contributed by atoms with Crippen LogP contribution in [0.2, 0.25) is 0 Å². The zero-order valence-corrected chi connectivity index (χ0v) is 10.4. The van der Waals surface area contributed by atoms with Gasteiger partial charge in [0, 0.05) is 24.0 Å². The van der Waals surface area contributed by atoms with Gasteiger partial charge in [0.2, 0.25) is 0 Å². The van der Waals surface area contributed by atoms with E-state index in [4.69, 9.17) is 12.2 Å². The normalized spacial score (nSPS) is 17.0. The molecule has 3 rings (SSSR count). The summed E-state index contributed by atoms with van der Waals surface area (Å²) in [5.74, 6) is 1.66. The van der Waals surface area contributed by atoms with Gasteiger partial charge >= 0.3 is 0 Å². The van der Waals surface area contributed by atoms with Gasteiger partial charge in [-0.25, -0.2) is 0 Å². The monoisotopic (exact) mass is 246 g/mol. The lowest BCUT2D eigenvalue weighted by atomic mass is 10.2. The summed E-state index contributed by atoms with van der Waals surface area (Å²) in [5, 5.41) is 7.23. The van der Waals surface area contributed by atoms with E-state index >= 15 is 0 Å². The minimum absolute atomic E-state index is 0.421. The number of hydrogen-bond acceptors (Lipinski definition) is 3. The van der Waals surface area contributed by atoms with Crippen molar-refractivity contribution in [2.45, 2.75) is 25.8 Å². The van der Waals surface area contributed by atoms with Crippen LogP contribution in [0.3, 0.4) is 0 Å². The minimum atomic E-state index is 0.421. The molecule has 1 N–H and O–H groups in total. The van der Waals surface area contributed by atoms with Gasteiger partial charge in [0.05, 0.1) is 0 Å². The van der Waals surface area contributed by atoms with E-state index in [9.17, 15) is 0 Å². The molecule has 0 radical (unpaired) electrons. The predicted molar refractivity (Wildman–Crippen MR) is 68.1 cm³/mol. The Balaban J connectivity index is 2.09. The molecular weight excluding hydrogens is 232 g/mol. The first kappa shape index (κ1) is 10.7. The third-order valence-corrected chi connectivity index (χ3v) is 3.64. The van der Waals surface area contributed by atoms with Crippen LogP contribution in [0.4, 0.5) is 0 Å². The molecule has 0 aliphatic heterocycles. The molecule has 2 heterocycles. The molecule has 5 heteroatoms. The molecule has 1 aliphatic rings. The van der Waals surface area contributed by atoms with Crippen LogP contribution >= 0.6 is 12.2 Å². The SMILES string of the molecule is CC(C1CC1)n1c(-c2ccncc2)n[nH]c1=S. The van der Waals surface area contributed by atoms with Crippen LogP contribution in [-0.4, -0.2) is 19.7 Å². The molecule has 0 saturated heterocycles. The molecule has 0 aromatic carbocycles. The summed E-state index contributed by atoms with van der Waals surface area (Å²) in [4.78, 5) is 4.03. The van der Waals surface area contributed by atoms with Crippen molar-refractivity contribution in [2.24, 2.45) is 5.92 Å². The molecule has 1 atom stereocenters. The van der Waals surface area contributed by atoms with Crippen molar-refractivity contribution < 1.29 is 0 Å². The Morgan fingerprint density at radius 3 is 2.76 bits per heavy atom. The molecule has 2 aromatic rings. The van der Waals surface area contributed by atoms with Gasteiger partial charge in [-0.2, -0.15) is 5.10 Å². The number of nitrogens with one attached hydrogen (secondary N) is 1. The molecule has 4 nitrogen and oxygen atoms in total. The summed E-state index contributed by atoms with van der Waals surface area (Å²) < 4.78 is 2.83. The molecule has 0 amide bonds. The van der Waals surface area contributed by atoms with Crippen molar-refractivity contribution in [3.05, 3.63) is 29.3 Å². The van der Waals surface area contributed by atoms with Crippen molar-refractivity contribution in [3.63, 3.8) is 0 Å². The Labute approximate surface area is 105 Å². The van der Waals surface area contributed by atoms with E-state index in [0.29, 0.717) is 10.8 Å². The van der Waals surface area contributed by atoms with Gasteiger partial charge < -0.3 is 0 Å². The van der Waals surface area contributed by atoms with Gasteiger partial charge in [-0.3, -0.25) is 14.6 Å². The fourth-order valence-corrected chi connectivity index (χ4v) is 2.47. The first-order chi connectivity index (χ1) is 8.27. The van der Waals surface area contributed by atoms with Crippen molar-refractivity contribution in [2.75, 3.05) is 0 Å². The van der Waals surface area contributed by atoms with Gasteiger partial charge in [-0.05, 0) is 50.0 Å². The maximum Gasteiger partial charge on any atom is 0.195 e. The molecule has 1 unspecified atom stereocenters. The zero-order chi connectivity index (χ0) is 11.8. The highest BCUT2D eigenvalue weighted by Crippen LogP contribution is 2.40. The molecule has 1 aliphatic carbocycles. The van der Waals surface area contributed by atoms with E-state index in [0.717, 1.165) is 17.3 Å². The fraction of sp³-hybridized carbons (Fsp3) is 0.417. The summed E-state index contributed by atoms with van der Waals surface area (Å²) >= 11 is 5.33. The van der Waals surface area contributed by atoms with Crippen LogP contribution in [0.15, 0.2) is 24.5 Å². The smallest absolute Gasteiger partial charge is 0.195 e. The van der Waals surface area contributed by atoms with Gasteiger partial charge in [-0.15, -0.1) is 0 Å². The number of hydrogen-bond donors (Lipinski definition) is 1. The van der Waals surface area contributed by atoms with Crippen molar-refractivity contribution >= 4 is 12.2 Å². The second kappa shape index (κ2) is 4.07. The first-order valence-corrected chi connectivity index (χ1v) is 6.25. The highest BCUT2D eigenvalue weighted by Gasteiger charge is 2.31. The van der Waals surface area contributed by atoms with E-state index in [1.54, 1.807) is 12.4 Å². The van der Waals surface area contributed by atoms with Crippen LogP contribution < -0.4 is 0 Å². The van der Waals surface area contributed by atoms with E-state index < -0.39 is 0 Å². The quantitative estimate of drug-likeness (QED) is 0.847. The lowest BCUT2D eigenvalue weighted by Gasteiger charge is -2.14. The molecule has 0 bridgehead atoms. The largest absolute Gasteiger partial charge is 0.297 e. The van der Waals surface area contributed by atoms with Gasteiger partial charge in [0.1, 0.15) is 0 Å². The van der Waals surface area contributed by atoms with Crippen LogP contribution in [0, 0.1) is 10.7 Å². The Kier molecular flexibility index (Phi) is 2.55. The summed E-state index contributed by atoms with van der Waals surface area (Å²) in [7, 11) is 0. The van der Waals surface area contributed by atoms with Gasteiger partial charge in [-0.1, -0.05) is 0 Å². The fourth-order valence-electron chi connectivity index (χ4n) is 2.18.